The van der Waals surface area contributed by atoms with Crippen LogP contribution >= 0.6 is 12.2 Å². The fourth-order valence-corrected chi connectivity index (χ4v) is 3.33. The summed E-state index contributed by atoms with van der Waals surface area (Å²) >= 11 is 5.27. The molecule has 2 N–H and O–H groups in total. The van der Waals surface area contributed by atoms with Crippen molar-refractivity contribution < 1.29 is 23.9 Å². The van der Waals surface area contributed by atoms with Gasteiger partial charge in [-0.1, -0.05) is 0 Å². The SMILES string of the molecule is COc1ccc(NC(=S)NC(=O)c2cc([N+](=O)[O-])ccc2N2CCOCC2)c(OC)c1. The predicted molar refractivity (Wildman–Crippen MR) is 119 cm³/mol. The summed E-state index contributed by atoms with van der Waals surface area (Å²) in [5, 5.41) is 16.7. The highest BCUT2D eigenvalue weighted by Gasteiger charge is 2.23. The Hall–Kier alpha value is -3.44. The molecule has 0 saturated carbocycles. The highest BCUT2D eigenvalue weighted by molar-refractivity contribution is 7.80. The molecule has 1 aliphatic heterocycles. The molecule has 164 valence electrons. The number of nitrogens with one attached hydrogen (secondary N) is 2. The number of thiocarbonyl (C=S) groups is 1. The minimum Gasteiger partial charge on any atom is -0.497 e. The van der Waals surface area contributed by atoms with Crippen LogP contribution < -0.4 is 25.0 Å². The van der Waals surface area contributed by atoms with Crippen LogP contribution in [0.4, 0.5) is 17.1 Å². The molecule has 0 unspecified atom stereocenters. The molecule has 0 bridgehead atoms. The number of amides is 1. The van der Waals surface area contributed by atoms with Gasteiger partial charge in [0.15, 0.2) is 5.11 Å². The summed E-state index contributed by atoms with van der Waals surface area (Å²) in [6.07, 6.45) is 0. The number of hydrogen-bond acceptors (Lipinski definition) is 8. The van der Waals surface area contributed by atoms with Gasteiger partial charge >= 0.3 is 0 Å². The minimum atomic E-state index is -0.560. The number of anilines is 2. The van der Waals surface area contributed by atoms with Crippen LogP contribution in [-0.2, 0) is 4.74 Å². The number of hydrogen-bond donors (Lipinski definition) is 2. The third kappa shape index (κ3) is 5.38. The number of rotatable bonds is 6. The Labute approximate surface area is 184 Å². The van der Waals surface area contributed by atoms with Crippen LogP contribution in [0.3, 0.4) is 0 Å². The van der Waals surface area contributed by atoms with Crippen molar-refractivity contribution >= 4 is 40.3 Å². The highest BCUT2D eigenvalue weighted by Crippen LogP contribution is 2.29. The van der Waals surface area contributed by atoms with Gasteiger partial charge in [0.1, 0.15) is 11.5 Å². The maximum atomic E-state index is 13.0. The van der Waals surface area contributed by atoms with Crippen LogP contribution in [0.5, 0.6) is 11.5 Å². The van der Waals surface area contributed by atoms with E-state index in [9.17, 15) is 14.9 Å². The van der Waals surface area contributed by atoms with Crippen LogP contribution in [0, 0.1) is 10.1 Å². The molecule has 11 heteroatoms. The summed E-state index contributed by atoms with van der Waals surface area (Å²) in [7, 11) is 3.04. The Balaban J connectivity index is 1.81. The molecule has 31 heavy (non-hydrogen) atoms. The van der Waals surface area contributed by atoms with E-state index in [-0.39, 0.29) is 16.4 Å². The molecule has 1 fully saturated rings. The number of morpholine rings is 1. The van der Waals surface area contributed by atoms with Gasteiger partial charge in [0.05, 0.1) is 49.3 Å². The van der Waals surface area contributed by atoms with E-state index in [0.29, 0.717) is 49.2 Å². The first kappa shape index (κ1) is 22.2. The van der Waals surface area contributed by atoms with Crippen LogP contribution in [0.1, 0.15) is 10.4 Å². The van der Waals surface area contributed by atoms with E-state index in [0.717, 1.165) is 0 Å². The third-order valence-corrected chi connectivity index (χ3v) is 4.88. The molecule has 1 heterocycles. The van der Waals surface area contributed by atoms with Gasteiger partial charge in [-0.25, -0.2) is 0 Å². The number of non-ortho nitro benzene ring substituents is 1. The van der Waals surface area contributed by atoms with Crippen molar-refractivity contribution in [2.75, 3.05) is 50.7 Å². The second-order valence-electron chi connectivity index (χ2n) is 6.53. The van der Waals surface area contributed by atoms with Crippen molar-refractivity contribution in [1.82, 2.24) is 5.32 Å². The molecule has 2 aromatic carbocycles. The number of carbonyl (C=O) groups excluding carboxylic acids is 1. The van der Waals surface area contributed by atoms with E-state index in [1.54, 1.807) is 24.3 Å². The number of ether oxygens (including phenoxy) is 3. The third-order valence-electron chi connectivity index (χ3n) is 4.67. The summed E-state index contributed by atoms with van der Waals surface area (Å²) in [5.41, 5.74) is 1.08. The zero-order valence-electron chi connectivity index (χ0n) is 17.0. The number of benzene rings is 2. The van der Waals surface area contributed by atoms with Crippen molar-refractivity contribution in [2.45, 2.75) is 0 Å². The molecule has 1 aliphatic rings. The molecule has 0 spiro atoms. The van der Waals surface area contributed by atoms with Crippen molar-refractivity contribution in [3.05, 3.63) is 52.1 Å². The summed E-state index contributed by atoms with van der Waals surface area (Å²) in [6.45, 7) is 2.16. The molecule has 1 saturated heterocycles. The van der Waals surface area contributed by atoms with Crippen LogP contribution in [0.2, 0.25) is 0 Å². The Bertz CT molecular complexity index is 994. The second-order valence-corrected chi connectivity index (χ2v) is 6.94. The Morgan fingerprint density at radius 2 is 1.90 bits per heavy atom. The van der Waals surface area contributed by atoms with Crippen molar-refractivity contribution in [2.24, 2.45) is 0 Å². The predicted octanol–water partition coefficient (Wildman–Crippen LogP) is 2.58. The number of nitrogens with zero attached hydrogens (tertiary/aromatic N) is 2. The quantitative estimate of drug-likeness (QED) is 0.392. The van der Waals surface area contributed by atoms with Gasteiger partial charge in [0.2, 0.25) is 0 Å². The fraction of sp³-hybridized carbons (Fsp3) is 0.300. The molecule has 3 rings (SSSR count). The summed E-state index contributed by atoms with van der Waals surface area (Å²) in [6, 6.07) is 9.28. The maximum Gasteiger partial charge on any atom is 0.270 e. The lowest BCUT2D eigenvalue weighted by Crippen LogP contribution is -2.39. The van der Waals surface area contributed by atoms with E-state index in [4.69, 9.17) is 26.4 Å². The molecule has 0 aromatic heterocycles. The Kier molecular flexibility index (Phi) is 7.21. The topological polar surface area (TPSA) is 115 Å². The zero-order chi connectivity index (χ0) is 22.4. The van der Waals surface area contributed by atoms with Crippen LogP contribution in [-0.4, -0.2) is 56.5 Å². The van der Waals surface area contributed by atoms with E-state index < -0.39 is 10.8 Å². The first-order valence-electron chi connectivity index (χ1n) is 9.38. The van der Waals surface area contributed by atoms with Gasteiger partial charge in [-0.15, -0.1) is 0 Å². The van der Waals surface area contributed by atoms with E-state index in [1.165, 1.54) is 26.4 Å². The van der Waals surface area contributed by atoms with Crippen LogP contribution in [0.15, 0.2) is 36.4 Å². The monoisotopic (exact) mass is 446 g/mol. The van der Waals surface area contributed by atoms with Crippen molar-refractivity contribution in [1.29, 1.82) is 0 Å². The van der Waals surface area contributed by atoms with Gasteiger partial charge < -0.3 is 24.4 Å². The van der Waals surface area contributed by atoms with Gasteiger partial charge in [0, 0.05) is 31.3 Å². The number of nitro benzene ring substituents is 1. The van der Waals surface area contributed by atoms with Gasteiger partial charge in [-0.05, 0) is 30.4 Å². The average Bonchev–Trinajstić information content (AvgIpc) is 2.79. The number of nitro groups is 1. The molecule has 1 amide bonds. The van der Waals surface area contributed by atoms with E-state index in [1.807, 2.05) is 4.90 Å². The molecule has 0 atom stereocenters. The number of methoxy groups -OCH3 is 2. The van der Waals surface area contributed by atoms with Crippen LogP contribution in [0.25, 0.3) is 0 Å². The fourth-order valence-electron chi connectivity index (χ4n) is 3.13. The van der Waals surface area contributed by atoms with Crippen molar-refractivity contribution in [3.8, 4) is 11.5 Å². The van der Waals surface area contributed by atoms with Gasteiger partial charge in [0.25, 0.3) is 11.6 Å². The largest absolute Gasteiger partial charge is 0.497 e. The molecule has 10 nitrogen and oxygen atoms in total. The first-order chi connectivity index (χ1) is 14.9. The smallest absolute Gasteiger partial charge is 0.270 e. The maximum absolute atomic E-state index is 13.0. The summed E-state index contributed by atoms with van der Waals surface area (Å²) < 4.78 is 15.8. The second kappa shape index (κ2) is 10.0. The lowest BCUT2D eigenvalue weighted by molar-refractivity contribution is -0.384. The highest BCUT2D eigenvalue weighted by atomic mass is 32.1. The summed E-state index contributed by atoms with van der Waals surface area (Å²) in [5.74, 6) is 0.513. The normalized spacial score (nSPS) is 13.3. The zero-order valence-corrected chi connectivity index (χ0v) is 17.9. The Morgan fingerprint density at radius 3 is 2.55 bits per heavy atom. The standard InChI is InChI=1S/C20H22N4O6S/c1-28-14-4-5-16(18(12-14)29-2)21-20(31)22-19(25)15-11-13(24(26)27)3-6-17(15)23-7-9-30-10-8-23/h3-6,11-12H,7-10H2,1-2H3,(H2,21,22,25,31). The van der Waals surface area contributed by atoms with Crippen molar-refractivity contribution in [3.63, 3.8) is 0 Å². The first-order valence-corrected chi connectivity index (χ1v) is 9.79. The number of carbonyl (C=O) groups is 1. The minimum absolute atomic E-state index is 0.0212. The van der Waals surface area contributed by atoms with E-state index in [2.05, 4.69) is 10.6 Å². The molecular formula is C20H22N4O6S. The Morgan fingerprint density at radius 1 is 1.16 bits per heavy atom. The lowest BCUT2D eigenvalue weighted by atomic mass is 10.1. The van der Waals surface area contributed by atoms with E-state index >= 15 is 0 Å². The molecule has 0 radical (unpaired) electrons. The average molecular weight is 446 g/mol. The summed E-state index contributed by atoms with van der Waals surface area (Å²) in [4.78, 5) is 25.6. The molecular weight excluding hydrogens is 424 g/mol. The van der Waals surface area contributed by atoms with Gasteiger partial charge in [-0.3, -0.25) is 20.2 Å². The molecule has 0 aliphatic carbocycles. The van der Waals surface area contributed by atoms with Gasteiger partial charge in [-0.2, -0.15) is 0 Å². The molecule has 2 aromatic rings. The lowest BCUT2D eigenvalue weighted by Gasteiger charge is -2.30.